The van der Waals surface area contributed by atoms with Gasteiger partial charge in [-0.3, -0.25) is 9.36 Å². The fourth-order valence-corrected chi connectivity index (χ4v) is 3.94. The first kappa shape index (κ1) is 19.1. The minimum absolute atomic E-state index is 0.0379. The standard InChI is InChI=1S/C18H20N2O6S/c1-2-25-18(22)15-16(19-14-10-6-7-11-20(14)17(15)21)26-27(23,24)12-13-8-4-3-5-9-13/h3-5,8-9H,2,6-7,10-12H2,1H3. The van der Waals surface area contributed by atoms with E-state index in [0.717, 1.165) is 12.8 Å². The van der Waals surface area contributed by atoms with Crippen LogP contribution in [0.2, 0.25) is 0 Å². The van der Waals surface area contributed by atoms with E-state index in [-0.39, 0.29) is 6.61 Å². The number of nitrogens with zero attached hydrogens (tertiary/aromatic N) is 2. The molecule has 0 amide bonds. The van der Waals surface area contributed by atoms with Crippen LogP contribution in [-0.4, -0.2) is 30.5 Å². The highest BCUT2D eigenvalue weighted by Crippen LogP contribution is 2.21. The Morgan fingerprint density at radius 1 is 1.22 bits per heavy atom. The minimum atomic E-state index is -4.12. The number of carbonyl (C=O) groups excluding carboxylic acids is 1. The van der Waals surface area contributed by atoms with Crippen molar-refractivity contribution in [2.75, 3.05) is 6.61 Å². The van der Waals surface area contributed by atoms with E-state index in [0.29, 0.717) is 24.4 Å². The molecule has 3 rings (SSSR count). The Balaban J connectivity index is 2.01. The third-order valence-corrected chi connectivity index (χ3v) is 5.22. The highest BCUT2D eigenvalue weighted by atomic mass is 32.2. The number of ether oxygens (including phenoxy) is 1. The van der Waals surface area contributed by atoms with Crippen molar-refractivity contribution >= 4 is 16.1 Å². The van der Waals surface area contributed by atoms with Gasteiger partial charge in [0.2, 0.25) is 0 Å². The zero-order chi connectivity index (χ0) is 19.4. The molecule has 0 N–H and O–H groups in total. The molecule has 0 saturated heterocycles. The van der Waals surface area contributed by atoms with E-state index in [1.807, 2.05) is 0 Å². The second-order valence-electron chi connectivity index (χ2n) is 6.11. The van der Waals surface area contributed by atoms with Crippen LogP contribution >= 0.6 is 0 Å². The van der Waals surface area contributed by atoms with E-state index in [9.17, 15) is 18.0 Å². The molecule has 27 heavy (non-hydrogen) atoms. The first-order valence-corrected chi connectivity index (χ1v) is 10.3. The molecule has 0 bridgehead atoms. The molecule has 0 spiro atoms. The van der Waals surface area contributed by atoms with E-state index in [1.54, 1.807) is 37.3 Å². The van der Waals surface area contributed by atoms with Crippen molar-refractivity contribution in [2.45, 2.75) is 38.5 Å². The van der Waals surface area contributed by atoms with Crippen LogP contribution in [0.1, 0.15) is 41.5 Å². The van der Waals surface area contributed by atoms with Gasteiger partial charge in [-0.25, -0.2) is 4.79 Å². The fourth-order valence-electron chi connectivity index (χ4n) is 2.92. The molecule has 1 aliphatic heterocycles. The number of aryl methyl sites for hydroxylation is 1. The van der Waals surface area contributed by atoms with Crippen LogP contribution in [0, 0.1) is 0 Å². The number of rotatable bonds is 6. The van der Waals surface area contributed by atoms with Crippen molar-refractivity contribution in [2.24, 2.45) is 0 Å². The lowest BCUT2D eigenvalue weighted by atomic mass is 10.1. The zero-order valence-corrected chi connectivity index (χ0v) is 15.7. The predicted octanol–water partition coefficient (Wildman–Crippen LogP) is 1.67. The van der Waals surface area contributed by atoms with Gasteiger partial charge in [-0.1, -0.05) is 30.3 Å². The Morgan fingerprint density at radius 3 is 2.67 bits per heavy atom. The molecular weight excluding hydrogens is 372 g/mol. The van der Waals surface area contributed by atoms with Crippen LogP contribution in [-0.2, 0) is 33.6 Å². The highest BCUT2D eigenvalue weighted by molar-refractivity contribution is 7.86. The van der Waals surface area contributed by atoms with E-state index in [4.69, 9.17) is 8.92 Å². The summed E-state index contributed by atoms with van der Waals surface area (Å²) in [6, 6.07) is 8.46. The van der Waals surface area contributed by atoms with Crippen molar-refractivity contribution in [3.63, 3.8) is 0 Å². The fraction of sp³-hybridized carbons (Fsp3) is 0.389. The molecular formula is C18H20N2O6S. The summed E-state index contributed by atoms with van der Waals surface area (Å²) in [5, 5.41) is 0. The second-order valence-corrected chi connectivity index (χ2v) is 7.68. The Morgan fingerprint density at radius 2 is 1.96 bits per heavy atom. The molecule has 2 aromatic rings. The van der Waals surface area contributed by atoms with E-state index >= 15 is 0 Å². The van der Waals surface area contributed by atoms with Crippen LogP contribution in [0.3, 0.4) is 0 Å². The number of benzene rings is 1. The van der Waals surface area contributed by atoms with Crippen molar-refractivity contribution < 1.29 is 22.1 Å². The Bertz CT molecular complexity index is 999. The summed E-state index contributed by atoms with van der Waals surface area (Å²) in [6.07, 6.45) is 2.11. The Kier molecular flexibility index (Phi) is 5.59. The largest absolute Gasteiger partial charge is 0.462 e. The van der Waals surface area contributed by atoms with Gasteiger partial charge in [-0.2, -0.15) is 13.4 Å². The molecule has 2 heterocycles. The molecule has 0 radical (unpaired) electrons. The molecule has 0 saturated carbocycles. The Hall–Kier alpha value is -2.68. The van der Waals surface area contributed by atoms with Gasteiger partial charge in [0.05, 0.1) is 6.61 Å². The summed E-state index contributed by atoms with van der Waals surface area (Å²) in [5.74, 6) is -1.46. The van der Waals surface area contributed by atoms with Crippen LogP contribution < -0.4 is 9.74 Å². The summed E-state index contributed by atoms with van der Waals surface area (Å²) < 4.78 is 36.3. The average molecular weight is 392 g/mol. The van der Waals surface area contributed by atoms with Crippen molar-refractivity contribution in [3.8, 4) is 5.88 Å². The molecule has 144 valence electrons. The quantitative estimate of drug-likeness (QED) is 0.544. The van der Waals surface area contributed by atoms with Crippen LogP contribution in [0.25, 0.3) is 0 Å². The monoisotopic (exact) mass is 392 g/mol. The summed E-state index contributed by atoms with van der Waals surface area (Å²) in [5.41, 5.74) is -0.605. The molecule has 0 unspecified atom stereocenters. The number of hydrogen-bond donors (Lipinski definition) is 0. The maximum Gasteiger partial charge on any atom is 0.349 e. The SMILES string of the molecule is CCOC(=O)c1c(OS(=O)(=O)Cc2ccccc2)nc2n(c1=O)CCCC2. The molecule has 0 atom stereocenters. The van der Waals surface area contributed by atoms with Crippen molar-refractivity contribution in [1.29, 1.82) is 0 Å². The molecule has 1 aromatic carbocycles. The zero-order valence-electron chi connectivity index (χ0n) is 14.9. The third kappa shape index (κ3) is 4.36. The molecule has 8 nitrogen and oxygen atoms in total. The highest BCUT2D eigenvalue weighted by Gasteiger charge is 2.29. The van der Waals surface area contributed by atoms with E-state index in [2.05, 4.69) is 4.98 Å². The topological polar surface area (TPSA) is 105 Å². The molecule has 0 aliphatic carbocycles. The normalized spacial score (nSPS) is 13.7. The Labute approximate surface area is 156 Å². The number of fused-ring (bicyclic) bond motifs is 1. The number of hydrogen-bond acceptors (Lipinski definition) is 7. The molecule has 9 heteroatoms. The average Bonchev–Trinajstić information content (AvgIpc) is 2.62. The van der Waals surface area contributed by atoms with E-state index in [1.165, 1.54) is 4.57 Å². The predicted molar refractivity (Wildman–Crippen MR) is 97.1 cm³/mol. The maximum absolute atomic E-state index is 12.7. The number of esters is 1. The van der Waals surface area contributed by atoms with Crippen LogP contribution in [0.5, 0.6) is 5.88 Å². The van der Waals surface area contributed by atoms with Gasteiger partial charge in [0.25, 0.3) is 11.4 Å². The van der Waals surface area contributed by atoms with Gasteiger partial charge >= 0.3 is 16.1 Å². The van der Waals surface area contributed by atoms with Crippen LogP contribution in [0.4, 0.5) is 0 Å². The van der Waals surface area contributed by atoms with Crippen molar-refractivity contribution in [3.05, 3.63) is 57.6 Å². The van der Waals surface area contributed by atoms with E-state index < -0.39 is 38.8 Å². The van der Waals surface area contributed by atoms with Crippen LogP contribution in [0.15, 0.2) is 35.1 Å². The summed E-state index contributed by atoms with van der Waals surface area (Å²) in [6.45, 7) is 2.05. The lowest BCUT2D eigenvalue weighted by Gasteiger charge is -2.19. The lowest BCUT2D eigenvalue weighted by Crippen LogP contribution is -2.34. The van der Waals surface area contributed by atoms with Gasteiger partial charge < -0.3 is 8.92 Å². The maximum atomic E-state index is 12.7. The summed E-state index contributed by atoms with van der Waals surface area (Å²) in [4.78, 5) is 29.2. The number of carbonyl (C=O) groups is 1. The minimum Gasteiger partial charge on any atom is -0.462 e. The molecule has 1 aromatic heterocycles. The van der Waals surface area contributed by atoms with Gasteiger partial charge in [-0.05, 0) is 25.3 Å². The molecule has 0 fully saturated rings. The second kappa shape index (κ2) is 7.91. The third-order valence-electron chi connectivity index (χ3n) is 4.12. The van der Waals surface area contributed by atoms with Gasteiger partial charge in [-0.15, -0.1) is 0 Å². The summed E-state index contributed by atoms with van der Waals surface area (Å²) in [7, 11) is -4.12. The molecule has 1 aliphatic rings. The first-order chi connectivity index (χ1) is 12.9. The van der Waals surface area contributed by atoms with Gasteiger partial charge in [0.15, 0.2) is 5.56 Å². The lowest BCUT2D eigenvalue weighted by molar-refractivity contribution is 0.0520. The smallest absolute Gasteiger partial charge is 0.349 e. The van der Waals surface area contributed by atoms with Crippen molar-refractivity contribution in [1.82, 2.24) is 9.55 Å². The summed E-state index contributed by atoms with van der Waals surface area (Å²) >= 11 is 0. The number of aromatic nitrogens is 2. The first-order valence-electron chi connectivity index (χ1n) is 8.68. The van der Waals surface area contributed by atoms with Gasteiger partial charge in [0, 0.05) is 13.0 Å². The van der Waals surface area contributed by atoms with Gasteiger partial charge in [0.1, 0.15) is 11.6 Å².